The van der Waals surface area contributed by atoms with E-state index in [1.54, 1.807) is 32.4 Å². The lowest BCUT2D eigenvalue weighted by Crippen LogP contribution is -2.38. The second kappa shape index (κ2) is 7.08. The monoisotopic (exact) mass is 319 g/mol. The van der Waals surface area contributed by atoms with E-state index >= 15 is 0 Å². The Morgan fingerprint density at radius 3 is 2.35 bits per heavy atom. The fraction of sp³-hybridized carbons (Fsp3) is 0.588. The maximum Gasteiger partial charge on any atom is 0.321 e. The Bertz CT molecular complexity index is 536. The van der Waals surface area contributed by atoms with E-state index in [1.165, 1.54) is 25.9 Å². The third-order valence-electron chi connectivity index (χ3n) is 4.71. The van der Waals surface area contributed by atoms with Gasteiger partial charge in [-0.1, -0.05) is 0 Å². The first-order valence-electron chi connectivity index (χ1n) is 8.22. The molecule has 2 amide bonds. The minimum Gasteiger partial charge on any atom is -0.497 e. The molecular formula is C17H25N3O3. The van der Waals surface area contributed by atoms with E-state index in [0.29, 0.717) is 23.2 Å². The molecule has 0 aliphatic carbocycles. The standard InChI is InChI=1S/C17H25N3O3/c1-22-15-9-13(10-16(11-15)23-2)18-17(21)20-8-5-14(12-20)19-6-3-4-7-19/h9-11,14H,3-8,12H2,1-2H3,(H,18,21)/t14-/m1/s1. The van der Waals surface area contributed by atoms with Crippen LogP contribution in [0.5, 0.6) is 11.5 Å². The van der Waals surface area contributed by atoms with Crippen molar-refractivity contribution >= 4 is 11.7 Å². The van der Waals surface area contributed by atoms with Crippen molar-refractivity contribution in [2.75, 3.05) is 45.7 Å². The lowest BCUT2D eigenvalue weighted by molar-refractivity contribution is 0.210. The molecule has 0 radical (unpaired) electrons. The molecule has 2 heterocycles. The molecule has 0 aromatic heterocycles. The highest BCUT2D eigenvalue weighted by Gasteiger charge is 2.31. The number of nitrogens with one attached hydrogen (secondary N) is 1. The number of methoxy groups -OCH3 is 2. The molecule has 3 rings (SSSR count). The van der Waals surface area contributed by atoms with Crippen LogP contribution in [0.4, 0.5) is 10.5 Å². The zero-order valence-electron chi connectivity index (χ0n) is 13.9. The molecule has 1 N–H and O–H groups in total. The number of carbonyl (C=O) groups is 1. The molecule has 1 aromatic rings. The van der Waals surface area contributed by atoms with Crippen LogP contribution in [0, 0.1) is 0 Å². The highest BCUT2D eigenvalue weighted by molar-refractivity contribution is 5.90. The van der Waals surface area contributed by atoms with Crippen molar-refractivity contribution in [2.24, 2.45) is 0 Å². The van der Waals surface area contributed by atoms with Gasteiger partial charge in [0.05, 0.1) is 14.2 Å². The van der Waals surface area contributed by atoms with Crippen molar-refractivity contribution in [1.29, 1.82) is 0 Å². The molecular weight excluding hydrogens is 294 g/mol. The summed E-state index contributed by atoms with van der Waals surface area (Å²) in [5, 5.41) is 2.95. The van der Waals surface area contributed by atoms with E-state index in [0.717, 1.165) is 19.5 Å². The first kappa shape index (κ1) is 15.9. The molecule has 2 fully saturated rings. The number of hydrogen-bond acceptors (Lipinski definition) is 4. The average molecular weight is 319 g/mol. The fourth-order valence-corrected chi connectivity index (χ4v) is 3.41. The molecule has 2 saturated heterocycles. The van der Waals surface area contributed by atoms with Gasteiger partial charge in [-0.15, -0.1) is 0 Å². The predicted octanol–water partition coefficient (Wildman–Crippen LogP) is 2.41. The number of rotatable bonds is 4. The maximum absolute atomic E-state index is 12.5. The summed E-state index contributed by atoms with van der Waals surface area (Å²) < 4.78 is 10.5. The van der Waals surface area contributed by atoms with E-state index in [4.69, 9.17) is 9.47 Å². The fourth-order valence-electron chi connectivity index (χ4n) is 3.41. The summed E-state index contributed by atoms with van der Waals surface area (Å²) in [5.41, 5.74) is 0.691. The first-order valence-corrected chi connectivity index (χ1v) is 8.22. The Morgan fingerprint density at radius 1 is 1.09 bits per heavy atom. The number of nitrogens with zero attached hydrogens (tertiary/aromatic N) is 2. The molecule has 0 bridgehead atoms. The lowest BCUT2D eigenvalue weighted by Gasteiger charge is -2.23. The van der Waals surface area contributed by atoms with Crippen molar-refractivity contribution in [3.05, 3.63) is 18.2 Å². The normalized spacial score (nSPS) is 21.5. The van der Waals surface area contributed by atoms with Gasteiger partial charge in [0.1, 0.15) is 11.5 Å². The Kier molecular flexibility index (Phi) is 4.91. The van der Waals surface area contributed by atoms with Crippen LogP contribution in [0.3, 0.4) is 0 Å². The zero-order valence-corrected chi connectivity index (χ0v) is 13.9. The minimum absolute atomic E-state index is 0.0537. The van der Waals surface area contributed by atoms with Gasteiger partial charge in [0.15, 0.2) is 0 Å². The smallest absolute Gasteiger partial charge is 0.321 e. The van der Waals surface area contributed by atoms with Gasteiger partial charge in [0, 0.05) is 43.0 Å². The first-order chi connectivity index (χ1) is 11.2. The summed E-state index contributed by atoms with van der Waals surface area (Å²) in [6.45, 7) is 3.97. The van der Waals surface area contributed by atoms with E-state index in [9.17, 15) is 4.79 Å². The maximum atomic E-state index is 12.5. The van der Waals surface area contributed by atoms with E-state index < -0.39 is 0 Å². The highest BCUT2D eigenvalue weighted by atomic mass is 16.5. The zero-order chi connectivity index (χ0) is 16.2. The molecule has 0 unspecified atom stereocenters. The summed E-state index contributed by atoms with van der Waals surface area (Å²) in [5.74, 6) is 1.33. The quantitative estimate of drug-likeness (QED) is 0.926. The molecule has 1 aromatic carbocycles. The van der Waals surface area contributed by atoms with Gasteiger partial charge in [-0.3, -0.25) is 4.90 Å². The number of hydrogen-bond donors (Lipinski definition) is 1. The predicted molar refractivity (Wildman–Crippen MR) is 89.3 cm³/mol. The number of urea groups is 1. The average Bonchev–Trinajstić information content (AvgIpc) is 3.25. The highest BCUT2D eigenvalue weighted by Crippen LogP contribution is 2.27. The summed E-state index contributed by atoms with van der Waals surface area (Å²) in [6.07, 6.45) is 3.63. The molecule has 2 aliphatic rings. The van der Waals surface area contributed by atoms with E-state index in [1.807, 2.05) is 4.90 Å². The molecule has 0 saturated carbocycles. The second-order valence-corrected chi connectivity index (χ2v) is 6.16. The molecule has 126 valence electrons. The van der Waals surface area contributed by atoms with Crippen LogP contribution in [0.15, 0.2) is 18.2 Å². The van der Waals surface area contributed by atoms with Crippen molar-refractivity contribution in [1.82, 2.24) is 9.80 Å². The molecule has 2 aliphatic heterocycles. The molecule has 0 spiro atoms. The lowest BCUT2D eigenvalue weighted by atomic mass is 10.2. The third kappa shape index (κ3) is 3.69. The Balaban J connectivity index is 1.61. The Morgan fingerprint density at radius 2 is 1.74 bits per heavy atom. The van der Waals surface area contributed by atoms with Crippen LogP contribution in [0.2, 0.25) is 0 Å². The molecule has 6 heteroatoms. The van der Waals surface area contributed by atoms with Crippen molar-refractivity contribution in [3.63, 3.8) is 0 Å². The summed E-state index contributed by atoms with van der Waals surface area (Å²) in [7, 11) is 3.20. The van der Waals surface area contributed by atoms with Crippen molar-refractivity contribution in [3.8, 4) is 11.5 Å². The molecule has 23 heavy (non-hydrogen) atoms. The van der Waals surface area contributed by atoms with Gasteiger partial charge in [-0.05, 0) is 32.4 Å². The van der Waals surface area contributed by atoms with Gasteiger partial charge in [0.25, 0.3) is 0 Å². The number of likely N-dealkylation sites (tertiary alicyclic amines) is 2. The third-order valence-corrected chi connectivity index (χ3v) is 4.71. The number of benzene rings is 1. The van der Waals surface area contributed by atoms with Crippen LogP contribution in [0.1, 0.15) is 19.3 Å². The van der Waals surface area contributed by atoms with E-state index in [-0.39, 0.29) is 6.03 Å². The SMILES string of the molecule is COc1cc(NC(=O)N2CC[C@@H](N3CCCC3)C2)cc(OC)c1. The molecule has 6 nitrogen and oxygen atoms in total. The van der Waals surface area contributed by atoms with Gasteiger partial charge in [0.2, 0.25) is 0 Å². The van der Waals surface area contributed by atoms with Crippen LogP contribution in [-0.4, -0.2) is 62.3 Å². The number of carbonyl (C=O) groups excluding carboxylic acids is 1. The summed E-state index contributed by atoms with van der Waals surface area (Å²) >= 11 is 0. The van der Waals surface area contributed by atoms with Gasteiger partial charge in [-0.25, -0.2) is 4.79 Å². The number of ether oxygens (including phenoxy) is 2. The van der Waals surface area contributed by atoms with Gasteiger partial charge < -0.3 is 19.7 Å². The van der Waals surface area contributed by atoms with Crippen LogP contribution < -0.4 is 14.8 Å². The van der Waals surface area contributed by atoms with Crippen LogP contribution in [0.25, 0.3) is 0 Å². The van der Waals surface area contributed by atoms with Crippen molar-refractivity contribution in [2.45, 2.75) is 25.3 Å². The topological polar surface area (TPSA) is 54.0 Å². The largest absolute Gasteiger partial charge is 0.497 e. The summed E-state index contributed by atoms with van der Waals surface area (Å²) in [4.78, 5) is 16.9. The van der Waals surface area contributed by atoms with Crippen molar-refractivity contribution < 1.29 is 14.3 Å². The number of anilines is 1. The summed E-state index contributed by atoms with van der Waals surface area (Å²) in [6, 6.07) is 5.85. The van der Waals surface area contributed by atoms with E-state index in [2.05, 4.69) is 10.2 Å². The van der Waals surface area contributed by atoms with Crippen LogP contribution in [-0.2, 0) is 0 Å². The van der Waals surface area contributed by atoms with Gasteiger partial charge >= 0.3 is 6.03 Å². The molecule has 1 atom stereocenters. The minimum atomic E-state index is -0.0537. The Labute approximate surface area is 137 Å². The number of amides is 2. The second-order valence-electron chi connectivity index (χ2n) is 6.16. The Hall–Kier alpha value is -1.95. The van der Waals surface area contributed by atoms with Crippen LogP contribution >= 0.6 is 0 Å². The van der Waals surface area contributed by atoms with Gasteiger partial charge in [-0.2, -0.15) is 0 Å².